The maximum absolute atomic E-state index is 12.5. The van der Waals surface area contributed by atoms with Crippen molar-refractivity contribution >= 4 is 11.7 Å². The average Bonchev–Trinajstić information content (AvgIpc) is 3.29. The molecule has 176 valence electrons. The highest BCUT2D eigenvalue weighted by molar-refractivity contribution is 5.82. The highest BCUT2D eigenvalue weighted by atomic mass is 16.5. The van der Waals surface area contributed by atoms with Crippen molar-refractivity contribution in [1.82, 2.24) is 20.3 Å². The number of likely N-dealkylation sites (N-methyl/N-ethyl adjacent to an activating group) is 1. The van der Waals surface area contributed by atoms with Crippen LogP contribution in [0.3, 0.4) is 0 Å². The number of methoxy groups -OCH3 is 1. The minimum absolute atomic E-state index is 0.0357. The second kappa shape index (κ2) is 11.1. The van der Waals surface area contributed by atoms with Gasteiger partial charge in [0.25, 0.3) is 0 Å². The van der Waals surface area contributed by atoms with Gasteiger partial charge in [-0.15, -0.1) is 0 Å². The van der Waals surface area contributed by atoms with Gasteiger partial charge in [-0.25, -0.2) is 9.97 Å². The van der Waals surface area contributed by atoms with Gasteiger partial charge in [0.1, 0.15) is 29.7 Å². The van der Waals surface area contributed by atoms with E-state index in [1.54, 1.807) is 30.3 Å². The van der Waals surface area contributed by atoms with Crippen molar-refractivity contribution in [2.45, 2.75) is 19.3 Å². The summed E-state index contributed by atoms with van der Waals surface area (Å²) in [5, 5.41) is 11.6. The number of carbonyl (C=O) groups is 1. The number of amides is 1. The molecule has 33 heavy (non-hydrogen) atoms. The molecule has 0 spiro atoms. The Kier molecular flexibility index (Phi) is 8.03. The summed E-state index contributed by atoms with van der Waals surface area (Å²) in [7, 11) is 3.23. The number of ether oxygens (including phenoxy) is 2. The summed E-state index contributed by atoms with van der Waals surface area (Å²) in [6.07, 6.45) is 7.16. The van der Waals surface area contributed by atoms with Crippen LogP contribution in [-0.2, 0) is 22.4 Å². The van der Waals surface area contributed by atoms with Gasteiger partial charge in [-0.3, -0.25) is 9.78 Å². The van der Waals surface area contributed by atoms with Crippen molar-refractivity contribution in [2.24, 2.45) is 11.5 Å². The SMILES string of the molecule is CO/C(N)=C/C=C(\N)NC(=O)CN(C)c1nc(-c2cc(OCCO)ccn2)nc2c1CCC2. The first-order valence-electron chi connectivity index (χ1n) is 10.5. The molecule has 0 unspecified atom stereocenters. The lowest BCUT2D eigenvalue weighted by molar-refractivity contribution is -0.119. The number of nitrogens with zero attached hydrogens (tertiary/aromatic N) is 4. The van der Waals surface area contributed by atoms with Gasteiger partial charge < -0.3 is 36.3 Å². The van der Waals surface area contributed by atoms with Gasteiger partial charge in [0, 0.05) is 36.6 Å². The normalized spacial score (nSPS) is 13.4. The van der Waals surface area contributed by atoms with E-state index in [0.717, 1.165) is 30.5 Å². The van der Waals surface area contributed by atoms with Crippen LogP contribution >= 0.6 is 0 Å². The van der Waals surface area contributed by atoms with Crippen molar-refractivity contribution in [3.8, 4) is 17.3 Å². The maximum atomic E-state index is 12.5. The summed E-state index contributed by atoms with van der Waals surface area (Å²) in [5.41, 5.74) is 13.9. The minimum Gasteiger partial charge on any atom is -0.491 e. The summed E-state index contributed by atoms with van der Waals surface area (Å²) in [4.78, 5) is 28.1. The molecule has 1 aliphatic carbocycles. The van der Waals surface area contributed by atoms with Crippen molar-refractivity contribution in [3.63, 3.8) is 0 Å². The number of aryl methyl sites for hydroxylation is 1. The van der Waals surface area contributed by atoms with E-state index in [1.165, 1.54) is 19.3 Å². The van der Waals surface area contributed by atoms with Crippen LogP contribution in [0.25, 0.3) is 11.5 Å². The van der Waals surface area contributed by atoms with Crippen molar-refractivity contribution in [1.29, 1.82) is 0 Å². The van der Waals surface area contributed by atoms with Gasteiger partial charge in [-0.1, -0.05) is 0 Å². The molecule has 11 nitrogen and oxygen atoms in total. The monoisotopic (exact) mass is 455 g/mol. The number of allylic oxidation sites excluding steroid dienone is 2. The number of aromatic nitrogens is 3. The summed E-state index contributed by atoms with van der Waals surface area (Å²) in [6.45, 7) is 0.136. The van der Waals surface area contributed by atoms with Crippen LogP contribution in [0.2, 0.25) is 0 Å². The standard InChI is InChI=1S/C22H29N7O4/c1-29(13-20(31)27-18(23)6-7-19(24)32-2)22-15-4-3-5-16(15)26-21(28-22)17-12-14(8-9-25-17)33-11-10-30/h6-9,12,30H,3-5,10-11,13,23-24H2,1-2H3,(H,27,31)/b18-6+,19-7+. The Morgan fingerprint density at radius 2 is 2.12 bits per heavy atom. The first kappa shape index (κ1) is 23.8. The molecule has 3 rings (SSSR count). The number of rotatable bonds is 10. The number of anilines is 1. The quantitative estimate of drug-likeness (QED) is 0.287. The molecule has 6 N–H and O–H groups in total. The van der Waals surface area contributed by atoms with E-state index in [1.807, 2.05) is 0 Å². The van der Waals surface area contributed by atoms with Crippen LogP contribution in [0, 0.1) is 0 Å². The Balaban J connectivity index is 1.80. The number of nitrogens with two attached hydrogens (primary N) is 2. The third kappa shape index (κ3) is 6.32. The smallest absolute Gasteiger partial charge is 0.245 e. The van der Waals surface area contributed by atoms with Gasteiger partial charge in [0.15, 0.2) is 11.7 Å². The third-order valence-electron chi connectivity index (χ3n) is 4.92. The van der Waals surface area contributed by atoms with E-state index in [4.69, 9.17) is 36.0 Å². The number of hydrogen-bond acceptors (Lipinski definition) is 10. The molecule has 2 aromatic heterocycles. The van der Waals surface area contributed by atoms with Gasteiger partial charge in [-0.05, 0) is 31.4 Å². The molecule has 2 aromatic rings. The number of pyridine rings is 1. The van der Waals surface area contributed by atoms with Crippen LogP contribution in [-0.4, -0.2) is 59.9 Å². The second-order valence-corrected chi connectivity index (χ2v) is 7.40. The van der Waals surface area contributed by atoms with Crippen LogP contribution < -0.4 is 26.4 Å². The van der Waals surface area contributed by atoms with E-state index < -0.39 is 0 Å². The number of fused-ring (bicyclic) bond motifs is 1. The first-order valence-corrected chi connectivity index (χ1v) is 10.5. The van der Waals surface area contributed by atoms with Crippen molar-refractivity contribution < 1.29 is 19.4 Å². The first-order chi connectivity index (χ1) is 15.9. The van der Waals surface area contributed by atoms with E-state index in [9.17, 15) is 4.79 Å². The molecule has 0 radical (unpaired) electrons. The molecule has 2 heterocycles. The van der Waals surface area contributed by atoms with Gasteiger partial charge in [0.2, 0.25) is 5.91 Å². The number of aliphatic hydroxyl groups excluding tert-OH is 1. The summed E-state index contributed by atoms with van der Waals surface area (Å²) < 4.78 is 10.3. The van der Waals surface area contributed by atoms with Crippen molar-refractivity contribution in [3.05, 3.63) is 53.4 Å². The summed E-state index contributed by atoms with van der Waals surface area (Å²) in [5.74, 6) is 1.71. The van der Waals surface area contributed by atoms with Crippen LogP contribution in [0.4, 0.5) is 5.82 Å². The minimum atomic E-state index is -0.305. The Morgan fingerprint density at radius 3 is 2.88 bits per heavy atom. The Morgan fingerprint density at radius 1 is 1.30 bits per heavy atom. The molecule has 1 aliphatic rings. The van der Waals surface area contributed by atoms with Crippen molar-refractivity contribution in [2.75, 3.05) is 38.8 Å². The van der Waals surface area contributed by atoms with E-state index >= 15 is 0 Å². The zero-order valence-electron chi connectivity index (χ0n) is 18.7. The average molecular weight is 456 g/mol. The topological polar surface area (TPSA) is 162 Å². The van der Waals surface area contributed by atoms with Gasteiger partial charge in [0.05, 0.1) is 20.3 Å². The number of hydrogen-bond donors (Lipinski definition) is 4. The van der Waals surface area contributed by atoms with Crippen LogP contribution in [0.15, 0.2) is 42.2 Å². The lowest BCUT2D eigenvalue weighted by atomic mass is 10.2. The lowest BCUT2D eigenvalue weighted by Crippen LogP contribution is -2.37. The zero-order valence-corrected chi connectivity index (χ0v) is 18.7. The van der Waals surface area contributed by atoms with E-state index in [0.29, 0.717) is 23.1 Å². The Labute approximate surface area is 192 Å². The summed E-state index contributed by atoms with van der Waals surface area (Å²) >= 11 is 0. The molecule has 0 atom stereocenters. The lowest BCUT2D eigenvalue weighted by Gasteiger charge is -2.21. The highest BCUT2D eigenvalue weighted by Crippen LogP contribution is 2.31. The highest BCUT2D eigenvalue weighted by Gasteiger charge is 2.23. The molecule has 0 aromatic carbocycles. The number of carbonyl (C=O) groups excluding carboxylic acids is 1. The van der Waals surface area contributed by atoms with Gasteiger partial charge in [-0.2, -0.15) is 0 Å². The molecule has 0 fully saturated rings. The molecule has 0 aliphatic heterocycles. The predicted octanol–water partition coefficient (Wildman–Crippen LogP) is 0.197. The Bertz CT molecular complexity index is 1060. The zero-order chi connectivity index (χ0) is 23.8. The fraction of sp³-hybridized carbons (Fsp3) is 0.364. The Hall–Kier alpha value is -3.86. The van der Waals surface area contributed by atoms with E-state index in [2.05, 4.69) is 10.3 Å². The molecule has 0 saturated carbocycles. The molecule has 0 saturated heterocycles. The van der Waals surface area contributed by atoms with Gasteiger partial charge >= 0.3 is 0 Å². The largest absolute Gasteiger partial charge is 0.491 e. The molecule has 0 bridgehead atoms. The predicted molar refractivity (Wildman–Crippen MR) is 123 cm³/mol. The fourth-order valence-corrected chi connectivity index (χ4v) is 3.40. The van der Waals surface area contributed by atoms with Crippen LogP contribution in [0.5, 0.6) is 5.75 Å². The van der Waals surface area contributed by atoms with Crippen LogP contribution in [0.1, 0.15) is 17.7 Å². The molecular formula is C22H29N7O4. The third-order valence-corrected chi connectivity index (χ3v) is 4.92. The fourth-order valence-electron chi connectivity index (χ4n) is 3.40. The molecule has 11 heteroatoms. The molecular weight excluding hydrogens is 426 g/mol. The molecule has 1 amide bonds. The number of aliphatic hydroxyl groups is 1. The maximum Gasteiger partial charge on any atom is 0.245 e. The summed E-state index contributed by atoms with van der Waals surface area (Å²) in [6, 6.07) is 3.44. The van der Waals surface area contributed by atoms with E-state index in [-0.39, 0.29) is 37.4 Å². The number of nitrogens with one attached hydrogen (secondary N) is 1. The second-order valence-electron chi connectivity index (χ2n) is 7.40.